The van der Waals surface area contributed by atoms with Gasteiger partial charge in [0, 0.05) is 17.6 Å². The van der Waals surface area contributed by atoms with Crippen LogP contribution >= 0.6 is 0 Å². The van der Waals surface area contributed by atoms with Gasteiger partial charge in [-0.1, -0.05) is 30.3 Å². The predicted octanol–water partition coefficient (Wildman–Crippen LogP) is 2.41. The van der Waals surface area contributed by atoms with Crippen molar-refractivity contribution >= 4 is 11.5 Å². The number of ether oxygens (including phenoxy) is 1. The summed E-state index contributed by atoms with van der Waals surface area (Å²) in [6.45, 7) is 2.21. The molecule has 1 aliphatic heterocycles. The molecule has 0 aromatic heterocycles. The molecule has 0 spiro atoms. The minimum Gasteiger partial charge on any atom is -0.492 e. The van der Waals surface area contributed by atoms with Crippen LogP contribution in [0.1, 0.15) is 18.9 Å². The highest BCUT2D eigenvalue weighted by atomic mass is 16.5. The monoisotopic (exact) mass is 188 g/mol. The number of benzene rings is 1. The second-order valence-electron chi connectivity index (χ2n) is 3.33. The van der Waals surface area contributed by atoms with Crippen molar-refractivity contribution in [3.8, 4) is 0 Å². The van der Waals surface area contributed by atoms with Gasteiger partial charge in [0.15, 0.2) is 5.78 Å². The lowest BCUT2D eigenvalue weighted by molar-refractivity contribution is -0.113. The van der Waals surface area contributed by atoms with E-state index in [0.717, 1.165) is 23.3 Å². The summed E-state index contributed by atoms with van der Waals surface area (Å²) in [5, 5.41) is 0. The quantitative estimate of drug-likeness (QED) is 0.712. The molecule has 0 saturated heterocycles. The lowest BCUT2D eigenvalue weighted by atomic mass is 10.1. The maximum absolute atomic E-state index is 11.3. The molecule has 0 atom stereocenters. The van der Waals surface area contributed by atoms with Gasteiger partial charge in [0.1, 0.15) is 5.76 Å². The SMILES string of the molecule is CC(=O)C1=C(c2ccccc2)OCC1. The molecule has 0 bridgehead atoms. The van der Waals surface area contributed by atoms with Gasteiger partial charge in [-0.25, -0.2) is 0 Å². The Morgan fingerprint density at radius 2 is 2.00 bits per heavy atom. The van der Waals surface area contributed by atoms with E-state index in [-0.39, 0.29) is 5.78 Å². The van der Waals surface area contributed by atoms with Crippen LogP contribution in [-0.2, 0) is 9.53 Å². The molecule has 14 heavy (non-hydrogen) atoms. The van der Waals surface area contributed by atoms with Gasteiger partial charge in [-0.05, 0) is 6.92 Å². The molecule has 1 aliphatic rings. The zero-order chi connectivity index (χ0) is 9.97. The average Bonchev–Trinajstić information content (AvgIpc) is 2.67. The maximum Gasteiger partial charge on any atom is 0.159 e. The Kier molecular flexibility index (Phi) is 2.35. The van der Waals surface area contributed by atoms with Gasteiger partial charge in [0.05, 0.1) is 6.61 Å². The third kappa shape index (κ3) is 1.55. The van der Waals surface area contributed by atoms with Crippen LogP contribution in [0.5, 0.6) is 0 Å². The van der Waals surface area contributed by atoms with E-state index in [2.05, 4.69) is 0 Å². The fourth-order valence-electron chi connectivity index (χ4n) is 1.64. The van der Waals surface area contributed by atoms with E-state index in [4.69, 9.17) is 4.74 Å². The Morgan fingerprint density at radius 1 is 1.29 bits per heavy atom. The first kappa shape index (κ1) is 9.00. The molecule has 0 fully saturated rings. The van der Waals surface area contributed by atoms with E-state index < -0.39 is 0 Å². The van der Waals surface area contributed by atoms with Crippen LogP contribution in [0.4, 0.5) is 0 Å². The second-order valence-corrected chi connectivity index (χ2v) is 3.33. The van der Waals surface area contributed by atoms with Gasteiger partial charge in [0.25, 0.3) is 0 Å². The topological polar surface area (TPSA) is 26.3 Å². The molecular formula is C12H12O2. The largest absolute Gasteiger partial charge is 0.492 e. The van der Waals surface area contributed by atoms with Crippen molar-refractivity contribution in [2.75, 3.05) is 6.61 Å². The number of hydrogen-bond donors (Lipinski definition) is 0. The Balaban J connectivity index is 2.43. The molecule has 0 N–H and O–H groups in total. The first-order chi connectivity index (χ1) is 6.79. The van der Waals surface area contributed by atoms with Crippen LogP contribution < -0.4 is 0 Å². The minimum absolute atomic E-state index is 0.112. The molecule has 0 aliphatic carbocycles. The molecule has 2 heteroatoms. The molecule has 72 valence electrons. The van der Waals surface area contributed by atoms with Crippen molar-refractivity contribution in [2.45, 2.75) is 13.3 Å². The van der Waals surface area contributed by atoms with E-state index in [1.165, 1.54) is 0 Å². The molecule has 2 rings (SSSR count). The first-order valence-corrected chi connectivity index (χ1v) is 4.71. The standard InChI is InChI=1S/C12H12O2/c1-9(13)11-7-8-14-12(11)10-5-3-2-4-6-10/h2-6H,7-8H2,1H3. The molecule has 1 aromatic rings. The van der Waals surface area contributed by atoms with Gasteiger partial charge < -0.3 is 4.74 Å². The van der Waals surface area contributed by atoms with Gasteiger partial charge >= 0.3 is 0 Å². The Morgan fingerprint density at radius 3 is 2.64 bits per heavy atom. The Hall–Kier alpha value is -1.57. The van der Waals surface area contributed by atoms with Crippen molar-refractivity contribution in [1.29, 1.82) is 0 Å². The Bertz CT molecular complexity index is 377. The highest BCUT2D eigenvalue weighted by molar-refractivity contribution is 6.00. The fourth-order valence-corrected chi connectivity index (χ4v) is 1.64. The summed E-state index contributed by atoms with van der Waals surface area (Å²) in [4.78, 5) is 11.3. The summed E-state index contributed by atoms with van der Waals surface area (Å²) in [5.74, 6) is 0.874. The van der Waals surface area contributed by atoms with E-state index in [9.17, 15) is 4.79 Å². The number of Topliss-reactive ketones (excluding diaryl/α,β-unsaturated/α-hetero) is 1. The molecule has 1 aromatic carbocycles. The van der Waals surface area contributed by atoms with E-state index in [1.807, 2.05) is 30.3 Å². The molecule has 2 nitrogen and oxygen atoms in total. The van der Waals surface area contributed by atoms with Gasteiger partial charge in [-0.2, -0.15) is 0 Å². The summed E-state index contributed by atoms with van der Waals surface area (Å²) < 4.78 is 5.47. The first-order valence-electron chi connectivity index (χ1n) is 4.71. The highest BCUT2D eigenvalue weighted by Crippen LogP contribution is 2.28. The lowest BCUT2D eigenvalue weighted by Crippen LogP contribution is -1.96. The van der Waals surface area contributed by atoms with E-state index in [1.54, 1.807) is 6.92 Å². The summed E-state index contributed by atoms with van der Waals surface area (Å²) in [5.41, 5.74) is 1.81. The van der Waals surface area contributed by atoms with E-state index in [0.29, 0.717) is 6.61 Å². The van der Waals surface area contributed by atoms with E-state index >= 15 is 0 Å². The van der Waals surface area contributed by atoms with Crippen LogP contribution in [0.25, 0.3) is 5.76 Å². The van der Waals surface area contributed by atoms with Gasteiger partial charge in [-0.3, -0.25) is 4.79 Å². The van der Waals surface area contributed by atoms with Crippen molar-refractivity contribution in [3.63, 3.8) is 0 Å². The van der Waals surface area contributed by atoms with Crippen LogP contribution in [0, 0.1) is 0 Å². The number of carbonyl (C=O) groups is 1. The molecule has 0 unspecified atom stereocenters. The minimum atomic E-state index is 0.112. The van der Waals surface area contributed by atoms with Crippen LogP contribution in [0.2, 0.25) is 0 Å². The van der Waals surface area contributed by atoms with Crippen molar-refractivity contribution < 1.29 is 9.53 Å². The zero-order valence-electron chi connectivity index (χ0n) is 8.12. The molecule has 0 radical (unpaired) electrons. The third-order valence-corrected chi connectivity index (χ3v) is 2.33. The molecule has 0 amide bonds. The Labute approximate surface area is 83.2 Å². The van der Waals surface area contributed by atoms with Crippen LogP contribution in [0.3, 0.4) is 0 Å². The number of hydrogen-bond acceptors (Lipinski definition) is 2. The number of carbonyl (C=O) groups excluding carboxylic acids is 1. The van der Waals surface area contributed by atoms with Crippen molar-refractivity contribution in [2.24, 2.45) is 0 Å². The summed E-state index contributed by atoms with van der Waals surface area (Å²) >= 11 is 0. The average molecular weight is 188 g/mol. The molecule has 0 saturated carbocycles. The van der Waals surface area contributed by atoms with Crippen LogP contribution in [0.15, 0.2) is 35.9 Å². The van der Waals surface area contributed by atoms with Gasteiger partial charge in [0.2, 0.25) is 0 Å². The number of rotatable bonds is 2. The molecular weight excluding hydrogens is 176 g/mol. The number of ketones is 1. The maximum atomic E-state index is 11.3. The highest BCUT2D eigenvalue weighted by Gasteiger charge is 2.20. The fraction of sp³-hybridized carbons (Fsp3) is 0.250. The zero-order valence-corrected chi connectivity index (χ0v) is 8.12. The molecule has 1 heterocycles. The normalized spacial score (nSPS) is 15.5. The summed E-state index contributed by atoms with van der Waals surface area (Å²) in [6.07, 6.45) is 0.736. The predicted molar refractivity (Wildman–Crippen MR) is 54.6 cm³/mol. The smallest absolute Gasteiger partial charge is 0.159 e. The summed E-state index contributed by atoms with van der Waals surface area (Å²) in [7, 11) is 0. The second kappa shape index (κ2) is 3.66. The third-order valence-electron chi connectivity index (χ3n) is 2.33. The summed E-state index contributed by atoms with van der Waals surface area (Å²) in [6, 6.07) is 9.77. The van der Waals surface area contributed by atoms with Crippen molar-refractivity contribution in [3.05, 3.63) is 41.5 Å². The van der Waals surface area contributed by atoms with Crippen molar-refractivity contribution in [1.82, 2.24) is 0 Å². The lowest BCUT2D eigenvalue weighted by Gasteiger charge is -2.04. The van der Waals surface area contributed by atoms with Gasteiger partial charge in [-0.15, -0.1) is 0 Å². The van der Waals surface area contributed by atoms with Crippen LogP contribution in [-0.4, -0.2) is 12.4 Å².